The fourth-order valence-electron chi connectivity index (χ4n) is 2.88. The lowest BCUT2D eigenvalue weighted by Crippen LogP contribution is -2.48. The van der Waals surface area contributed by atoms with Gasteiger partial charge in [0.15, 0.2) is 5.96 Å². The molecule has 0 spiro atoms. The fourth-order valence-corrected chi connectivity index (χ4v) is 2.88. The molecule has 0 bridgehead atoms. The van der Waals surface area contributed by atoms with E-state index in [-0.39, 0.29) is 5.91 Å². The average molecular weight is 266 g/mol. The standard InChI is InChI=1S/C14H26N4O/c1-14(2)8-11(14)17-13(16-3)18-6-4-5-10(9-18)7-12(15)19/h10-11H,4-9H2,1-3H3,(H2,15,19)(H,16,17). The fraction of sp³-hybridized carbons (Fsp3) is 0.857. The number of primary amides is 1. The van der Waals surface area contributed by atoms with Crippen molar-refractivity contribution in [2.24, 2.45) is 22.1 Å². The number of hydrogen-bond donors (Lipinski definition) is 2. The number of aliphatic imine (C=N–C) groups is 1. The molecule has 1 saturated heterocycles. The van der Waals surface area contributed by atoms with Crippen molar-refractivity contribution in [2.45, 2.75) is 45.6 Å². The summed E-state index contributed by atoms with van der Waals surface area (Å²) in [7, 11) is 1.83. The van der Waals surface area contributed by atoms with Gasteiger partial charge >= 0.3 is 0 Å². The smallest absolute Gasteiger partial charge is 0.217 e. The molecule has 5 heteroatoms. The molecular weight excluding hydrogens is 240 g/mol. The lowest BCUT2D eigenvalue weighted by Gasteiger charge is -2.35. The van der Waals surface area contributed by atoms with Crippen LogP contribution in [0.1, 0.15) is 39.5 Å². The number of rotatable bonds is 3. The molecule has 1 aliphatic heterocycles. The van der Waals surface area contributed by atoms with Crippen molar-refractivity contribution in [3.63, 3.8) is 0 Å². The predicted octanol–water partition coefficient (Wildman–Crippen LogP) is 0.948. The highest BCUT2D eigenvalue weighted by atomic mass is 16.1. The van der Waals surface area contributed by atoms with E-state index in [2.05, 4.69) is 29.1 Å². The van der Waals surface area contributed by atoms with E-state index in [1.807, 2.05) is 7.05 Å². The molecule has 1 heterocycles. The molecule has 0 aromatic rings. The molecule has 2 aliphatic rings. The normalized spacial score (nSPS) is 30.1. The average Bonchev–Trinajstić information content (AvgIpc) is 2.93. The number of nitrogens with two attached hydrogens (primary N) is 1. The number of amides is 1. The van der Waals surface area contributed by atoms with Crippen LogP contribution in [-0.2, 0) is 4.79 Å². The number of carbonyl (C=O) groups is 1. The zero-order valence-corrected chi connectivity index (χ0v) is 12.3. The Balaban J connectivity index is 1.90. The van der Waals surface area contributed by atoms with Gasteiger partial charge in [0, 0.05) is 32.6 Å². The molecule has 2 rings (SSSR count). The Bertz CT molecular complexity index is 378. The summed E-state index contributed by atoms with van der Waals surface area (Å²) >= 11 is 0. The third-order valence-corrected chi connectivity index (χ3v) is 4.34. The first-order valence-electron chi connectivity index (χ1n) is 7.19. The monoisotopic (exact) mass is 266 g/mol. The van der Waals surface area contributed by atoms with Crippen molar-refractivity contribution in [1.29, 1.82) is 0 Å². The number of piperidine rings is 1. The number of nitrogens with zero attached hydrogens (tertiary/aromatic N) is 2. The van der Waals surface area contributed by atoms with Gasteiger partial charge in [-0.25, -0.2) is 0 Å². The number of hydrogen-bond acceptors (Lipinski definition) is 2. The second-order valence-electron chi connectivity index (χ2n) is 6.56. The van der Waals surface area contributed by atoms with E-state index in [0.717, 1.165) is 31.9 Å². The Hall–Kier alpha value is -1.26. The number of nitrogens with one attached hydrogen (secondary N) is 1. The van der Waals surface area contributed by atoms with Crippen LogP contribution in [-0.4, -0.2) is 42.9 Å². The molecule has 1 aliphatic carbocycles. The molecule has 0 aromatic heterocycles. The molecule has 5 nitrogen and oxygen atoms in total. The highest BCUT2D eigenvalue weighted by Gasteiger charge is 2.46. The Morgan fingerprint density at radius 2 is 2.21 bits per heavy atom. The molecule has 1 amide bonds. The maximum atomic E-state index is 11.0. The van der Waals surface area contributed by atoms with Gasteiger partial charge in [-0.3, -0.25) is 9.79 Å². The quantitative estimate of drug-likeness (QED) is 0.590. The van der Waals surface area contributed by atoms with Crippen LogP contribution in [0.15, 0.2) is 4.99 Å². The van der Waals surface area contributed by atoms with E-state index < -0.39 is 0 Å². The molecule has 19 heavy (non-hydrogen) atoms. The second-order valence-corrected chi connectivity index (χ2v) is 6.56. The zero-order chi connectivity index (χ0) is 14.0. The van der Waals surface area contributed by atoms with Gasteiger partial charge in [-0.15, -0.1) is 0 Å². The van der Waals surface area contributed by atoms with Crippen molar-refractivity contribution >= 4 is 11.9 Å². The maximum Gasteiger partial charge on any atom is 0.217 e. The molecule has 0 radical (unpaired) electrons. The summed E-state index contributed by atoms with van der Waals surface area (Å²) in [5.41, 5.74) is 5.69. The van der Waals surface area contributed by atoms with Crippen LogP contribution < -0.4 is 11.1 Å². The van der Waals surface area contributed by atoms with Crippen molar-refractivity contribution in [2.75, 3.05) is 20.1 Å². The Morgan fingerprint density at radius 1 is 1.53 bits per heavy atom. The number of likely N-dealkylation sites (tertiary alicyclic amines) is 1. The molecule has 2 unspecified atom stereocenters. The van der Waals surface area contributed by atoms with Crippen LogP contribution in [0.25, 0.3) is 0 Å². The van der Waals surface area contributed by atoms with Crippen molar-refractivity contribution in [3.8, 4) is 0 Å². The highest BCUT2D eigenvalue weighted by Crippen LogP contribution is 2.44. The summed E-state index contributed by atoms with van der Waals surface area (Å²) in [5.74, 6) is 1.15. The van der Waals surface area contributed by atoms with Crippen LogP contribution in [0.5, 0.6) is 0 Å². The predicted molar refractivity (Wildman–Crippen MR) is 76.8 cm³/mol. The first-order valence-corrected chi connectivity index (χ1v) is 7.19. The Kier molecular flexibility index (Phi) is 4.02. The Labute approximate surface area is 115 Å². The maximum absolute atomic E-state index is 11.0. The van der Waals surface area contributed by atoms with E-state index in [4.69, 9.17) is 5.73 Å². The van der Waals surface area contributed by atoms with Crippen LogP contribution >= 0.6 is 0 Å². The van der Waals surface area contributed by atoms with Gasteiger partial charge in [0.05, 0.1) is 0 Å². The van der Waals surface area contributed by atoms with Crippen molar-refractivity contribution in [1.82, 2.24) is 10.2 Å². The van der Waals surface area contributed by atoms with Gasteiger partial charge in [0.25, 0.3) is 0 Å². The molecule has 108 valence electrons. The number of carbonyl (C=O) groups excluding carboxylic acids is 1. The molecule has 0 aromatic carbocycles. The molecular formula is C14H26N4O. The van der Waals surface area contributed by atoms with Crippen LogP contribution in [0.2, 0.25) is 0 Å². The third-order valence-electron chi connectivity index (χ3n) is 4.34. The van der Waals surface area contributed by atoms with Gasteiger partial charge in [-0.2, -0.15) is 0 Å². The van der Waals surface area contributed by atoms with E-state index >= 15 is 0 Å². The van der Waals surface area contributed by atoms with Crippen LogP contribution in [0.4, 0.5) is 0 Å². The van der Waals surface area contributed by atoms with Gasteiger partial charge < -0.3 is 16.0 Å². The molecule has 2 atom stereocenters. The van der Waals surface area contributed by atoms with E-state index in [0.29, 0.717) is 23.8 Å². The summed E-state index contributed by atoms with van der Waals surface area (Å²) in [6.45, 7) is 6.44. The lowest BCUT2D eigenvalue weighted by atomic mass is 9.95. The summed E-state index contributed by atoms with van der Waals surface area (Å²) in [6.07, 6.45) is 3.88. The van der Waals surface area contributed by atoms with E-state index in [1.54, 1.807) is 0 Å². The molecule has 1 saturated carbocycles. The summed E-state index contributed by atoms with van der Waals surface area (Å²) in [5, 5.41) is 3.53. The minimum Gasteiger partial charge on any atom is -0.370 e. The van der Waals surface area contributed by atoms with Crippen molar-refractivity contribution in [3.05, 3.63) is 0 Å². The molecule has 2 fully saturated rings. The lowest BCUT2D eigenvalue weighted by molar-refractivity contribution is -0.119. The van der Waals surface area contributed by atoms with E-state index in [1.165, 1.54) is 6.42 Å². The summed E-state index contributed by atoms with van der Waals surface area (Å²) < 4.78 is 0. The largest absolute Gasteiger partial charge is 0.370 e. The minimum atomic E-state index is -0.196. The highest BCUT2D eigenvalue weighted by molar-refractivity contribution is 5.81. The first-order chi connectivity index (χ1) is 8.92. The zero-order valence-electron chi connectivity index (χ0n) is 12.3. The van der Waals surface area contributed by atoms with E-state index in [9.17, 15) is 4.79 Å². The van der Waals surface area contributed by atoms with Gasteiger partial charge in [-0.1, -0.05) is 13.8 Å². The minimum absolute atomic E-state index is 0.196. The van der Waals surface area contributed by atoms with Crippen LogP contribution in [0.3, 0.4) is 0 Å². The second kappa shape index (κ2) is 5.39. The van der Waals surface area contributed by atoms with Gasteiger partial charge in [0.1, 0.15) is 0 Å². The van der Waals surface area contributed by atoms with Gasteiger partial charge in [-0.05, 0) is 30.6 Å². The number of guanidine groups is 1. The first kappa shape index (κ1) is 14.2. The SMILES string of the molecule is CN=C(NC1CC1(C)C)N1CCCC(CC(N)=O)C1. The molecule has 3 N–H and O–H groups in total. The summed E-state index contributed by atoms with van der Waals surface area (Å²) in [6, 6.07) is 0.530. The van der Waals surface area contributed by atoms with Gasteiger partial charge in [0.2, 0.25) is 5.91 Å². The van der Waals surface area contributed by atoms with Crippen LogP contribution in [0, 0.1) is 11.3 Å². The topological polar surface area (TPSA) is 70.7 Å². The summed E-state index contributed by atoms with van der Waals surface area (Å²) in [4.78, 5) is 17.7. The Morgan fingerprint density at radius 3 is 2.74 bits per heavy atom. The third kappa shape index (κ3) is 3.61. The van der Waals surface area contributed by atoms with Crippen molar-refractivity contribution < 1.29 is 4.79 Å².